The number of unbranched alkanes of at least 4 members (excludes halogenated alkanes) is 1. The van der Waals surface area contributed by atoms with E-state index >= 15 is 0 Å². The zero-order valence-corrected chi connectivity index (χ0v) is 8.49. The zero-order valence-electron chi connectivity index (χ0n) is 8.49. The Morgan fingerprint density at radius 3 is 3.00 bits per heavy atom. The summed E-state index contributed by atoms with van der Waals surface area (Å²) in [6.07, 6.45) is 2.33. The van der Waals surface area contributed by atoms with Gasteiger partial charge in [-0.25, -0.2) is 0 Å². The van der Waals surface area contributed by atoms with Crippen molar-refractivity contribution in [1.82, 2.24) is 0 Å². The van der Waals surface area contributed by atoms with E-state index in [0.29, 0.717) is 6.67 Å². The highest BCUT2D eigenvalue weighted by atomic mass is 16.5. The largest absolute Gasteiger partial charge is 0.627 e. The molecule has 2 rings (SSSR count). The molecule has 3 nitrogen and oxygen atoms in total. The second-order valence-corrected chi connectivity index (χ2v) is 3.72. The lowest BCUT2D eigenvalue weighted by Crippen LogP contribution is -3.01. The first kappa shape index (κ1) is 9.49. The molecule has 0 saturated carbocycles. The van der Waals surface area contributed by atoms with Crippen molar-refractivity contribution in [1.29, 1.82) is 0 Å². The van der Waals surface area contributed by atoms with E-state index in [1.165, 1.54) is 6.42 Å². The van der Waals surface area contributed by atoms with Gasteiger partial charge in [-0.05, 0) is 12.5 Å². The molecule has 0 amide bonds. The predicted molar refractivity (Wildman–Crippen MR) is 57.6 cm³/mol. The fraction of sp³-hybridized carbons (Fsp3) is 0.455. The Kier molecular flexibility index (Phi) is 2.70. The van der Waals surface area contributed by atoms with Gasteiger partial charge >= 0.3 is 0 Å². The number of hydroxylamine groups is 1. The molecular formula is C11H16N2O. The molecule has 1 unspecified atom stereocenters. The van der Waals surface area contributed by atoms with E-state index in [4.69, 9.17) is 0 Å². The summed E-state index contributed by atoms with van der Waals surface area (Å²) in [4.78, 5) is 2.18. The summed E-state index contributed by atoms with van der Waals surface area (Å²) in [5.74, 6) is 0. The van der Waals surface area contributed by atoms with E-state index in [-0.39, 0.29) is 5.06 Å². The van der Waals surface area contributed by atoms with E-state index < -0.39 is 0 Å². The fourth-order valence-electron chi connectivity index (χ4n) is 1.88. The van der Waals surface area contributed by atoms with Crippen molar-refractivity contribution in [2.75, 3.05) is 18.1 Å². The number of nitrogens with zero attached hydrogens (tertiary/aromatic N) is 1. The highest BCUT2D eigenvalue weighted by Crippen LogP contribution is 2.25. The lowest BCUT2D eigenvalue weighted by molar-refractivity contribution is -0.768. The highest BCUT2D eigenvalue weighted by Gasteiger charge is 2.24. The minimum absolute atomic E-state index is 0.261. The summed E-state index contributed by atoms with van der Waals surface area (Å²) in [5, 5.41) is 11.9. The fourth-order valence-corrected chi connectivity index (χ4v) is 1.88. The number of fused-ring (bicyclic) bond motifs is 1. The van der Waals surface area contributed by atoms with Crippen LogP contribution < -0.4 is 9.96 Å². The van der Waals surface area contributed by atoms with E-state index in [1.54, 1.807) is 0 Å². The van der Waals surface area contributed by atoms with Crippen molar-refractivity contribution < 1.29 is 5.06 Å². The molecule has 1 heterocycles. The van der Waals surface area contributed by atoms with E-state index in [0.717, 1.165) is 24.3 Å². The monoisotopic (exact) mass is 192 g/mol. The molecule has 0 aromatic heterocycles. The molecule has 0 fully saturated rings. The SMILES string of the molecule is CCCCN1C[NH+]([O-])c2ccccc21. The second kappa shape index (κ2) is 3.98. The van der Waals surface area contributed by atoms with Crippen LogP contribution in [0, 0.1) is 5.21 Å². The molecule has 1 aliphatic heterocycles. The molecule has 3 heteroatoms. The molecule has 0 radical (unpaired) electrons. The summed E-state index contributed by atoms with van der Waals surface area (Å²) in [7, 11) is 0. The molecule has 1 aromatic carbocycles. The summed E-state index contributed by atoms with van der Waals surface area (Å²) in [6, 6.07) is 7.88. The van der Waals surface area contributed by atoms with Gasteiger partial charge in [-0.15, -0.1) is 0 Å². The quantitative estimate of drug-likeness (QED) is 0.731. The van der Waals surface area contributed by atoms with Gasteiger partial charge in [0, 0.05) is 12.6 Å². The van der Waals surface area contributed by atoms with Crippen LogP contribution in [0.1, 0.15) is 19.8 Å². The average molecular weight is 192 g/mol. The minimum atomic E-state index is 0.261. The van der Waals surface area contributed by atoms with Crippen LogP contribution in [0.2, 0.25) is 0 Å². The Balaban J connectivity index is 2.17. The number of quaternary nitrogens is 1. The van der Waals surface area contributed by atoms with Gasteiger partial charge in [0.1, 0.15) is 5.69 Å². The zero-order chi connectivity index (χ0) is 9.97. The third kappa shape index (κ3) is 1.61. The number of hydrogen-bond donors (Lipinski definition) is 1. The number of para-hydroxylation sites is 2. The Morgan fingerprint density at radius 1 is 1.43 bits per heavy atom. The van der Waals surface area contributed by atoms with Crippen molar-refractivity contribution in [2.24, 2.45) is 0 Å². The molecule has 1 atom stereocenters. The molecule has 14 heavy (non-hydrogen) atoms. The molecular weight excluding hydrogens is 176 g/mol. The maximum atomic E-state index is 11.6. The third-order valence-corrected chi connectivity index (χ3v) is 2.66. The smallest absolute Gasteiger partial charge is 0.157 e. The Morgan fingerprint density at radius 2 is 2.21 bits per heavy atom. The molecule has 76 valence electrons. The Hall–Kier alpha value is -1.06. The van der Waals surface area contributed by atoms with Gasteiger partial charge in [-0.2, -0.15) is 0 Å². The minimum Gasteiger partial charge on any atom is -0.627 e. The third-order valence-electron chi connectivity index (χ3n) is 2.66. The topological polar surface area (TPSA) is 30.7 Å². The molecule has 0 bridgehead atoms. The molecule has 0 saturated heterocycles. The molecule has 1 aliphatic rings. The van der Waals surface area contributed by atoms with Gasteiger partial charge in [0.25, 0.3) is 0 Å². The van der Waals surface area contributed by atoms with E-state index in [1.807, 2.05) is 24.3 Å². The van der Waals surface area contributed by atoms with E-state index in [9.17, 15) is 5.21 Å². The highest BCUT2D eigenvalue weighted by molar-refractivity contribution is 5.64. The van der Waals surface area contributed by atoms with Crippen molar-refractivity contribution >= 4 is 11.4 Å². The van der Waals surface area contributed by atoms with Crippen LogP contribution in [0.3, 0.4) is 0 Å². The first-order valence-electron chi connectivity index (χ1n) is 5.20. The average Bonchev–Trinajstić information content (AvgIpc) is 2.54. The summed E-state index contributed by atoms with van der Waals surface area (Å²) in [6.45, 7) is 3.74. The Labute approximate surface area is 84.5 Å². The first-order valence-corrected chi connectivity index (χ1v) is 5.20. The van der Waals surface area contributed by atoms with Crippen molar-refractivity contribution in [2.45, 2.75) is 19.8 Å². The molecule has 0 spiro atoms. The van der Waals surface area contributed by atoms with E-state index in [2.05, 4.69) is 11.8 Å². The molecule has 1 N–H and O–H groups in total. The first-order chi connectivity index (χ1) is 6.83. The summed E-state index contributed by atoms with van der Waals surface area (Å²) in [5.41, 5.74) is 2.01. The maximum absolute atomic E-state index is 11.6. The van der Waals surface area contributed by atoms with Crippen LogP contribution in [0.15, 0.2) is 24.3 Å². The van der Waals surface area contributed by atoms with Crippen molar-refractivity contribution in [3.05, 3.63) is 29.5 Å². The lowest BCUT2D eigenvalue weighted by atomic mass is 10.2. The maximum Gasteiger partial charge on any atom is 0.157 e. The van der Waals surface area contributed by atoms with Gasteiger partial charge in [-0.3, -0.25) is 0 Å². The normalized spacial score (nSPS) is 19.9. The van der Waals surface area contributed by atoms with Gasteiger partial charge in [0.15, 0.2) is 12.4 Å². The lowest BCUT2D eigenvalue weighted by Gasteiger charge is -2.18. The number of rotatable bonds is 3. The van der Waals surface area contributed by atoms with Crippen LogP contribution in [0.5, 0.6) is 0 Å². The van der Waals surface area contributed by atoms with Gasteiger partial charge in [0.2, 0.25) is 0 Å². The van der Waals surface area contributed by atoms with Gasteiger partial charge in [-0.1, -0.05) is 25.5 Å². The van der Waals surface area contributed by atoms with Gasteiger partial charge < -0.3 is 15.2 Å². The molecule has 1 aromatic rings. The standard InChI is InChI=1S/C11H16N2O/c1-2-3-8-12-9-13(14)11-7-5-4-6-10(11)12/h4-7,13H,2-3,8-9H2,1H3. The number of nitrogens with one attached hydrogen (secondary N) is 1. The van der Waals surface area contributed by atoms with Crippen LogP contribution in [-0.2, 0) is 0 Å². The van der Waals surface area contributed by atoms with Crippen LogP contribution in [0.25, 0.3) is 0 Å². The number of benzene rings is 1. The summed E-state index contributed by atoms with van der Waals surface area (Å²) < 4.78 is 0. The summed E-state index contributed by atoms with van der Waals surface area (Å²) >= 11 is 0. The van der Waals surface area contributed by atoms with Crippen molar-refractivity contribution in [3.8, 4) is 0 Å². The second-order valence-electron chi connectivity index (χ2n) is 3.72. The number of anilines is 1. The van der Waals surface area contributed by atoms with Crippen LogP contribution >= 0.6 is 0 Å². The predicted octanol–water partition coefficient (Wildman–Crippen LogP) is 1.28. The van der Waals surface area contributed by atoms with Crippen LogP contribution in [0.4, 0.5) is 11.4 Å². The number of hydrogen-bond acceptors (Lipinski definition) is 2. The van der Waals surface area contributed by atoms with Crippen molar-refractivity contribution in [3.63, 3.8) is 0 Å². The van der Waals surface area contributed by atoms with Crippen LogP contribution in [-0.4, -0.2) is 13.2 Å². The molecule has 0 aliphatic carbocycles. The Bertz CT molecular complexity index is 314. The van der Waals surface area contributed by atoms with Gasteiger partial charge in [0.05, 0.1) is 0 Å².